The van der Waals surface area contributed by atoms with Crippen LogP contribution in [0.1, 0.15) is 50.2 Å². The Labute approximate surface area is 193 Å². The number of hydrogen-bond donors (Lipinski definition) is 1. The van der Waals surface area contributed by atoms with E-state index < -0.39 is 29.9 Å². The third kappa shape index (κ3) is 6.55. The fourth-order valence-electron chi connectivity index (χ4n) is 4.28. The molecule has 2 aromatic carbocycles. The molecule has 0 amide bonds. The molecule has 4 nitrogen and oxygen atoms in total. The highest BCUT2D eigenvalue weighted by Gasteiger charge is 2.42. The molecular formula is C24H27F6NO3. The molecule has 3 rings (SSSR count). The first kappa shape index (κ1) is 26.1. The van der Waals surface area contributed by atoms with Crippen LogP contribution in [0.5, 0.6) is 5.75 Å². The first-order chi connectivity index (χ1) is 16.0. The summed E-state index contributed by atoms with van der Waals surface area (Å²) in [5.74, 6) is -2.17. The molecule has 1 saturated carbocycles. The van der Waals surface area contributed by atoms with Gasteiger partial charge in [0.1, 0.15) is 11.3 Å². The summed E-state index contributed by atoms with van der Waals surface area (Å²) in [7, 11) is 0. The van der Waals surface area contributed by atoms with Crippen LogP contribution in [0.15, 0.2) is 30.3 Å². The first-order valence-corrected chi connectivity index (χ1v) is 11.2. The van der Waals surface area contributed by atoms with Crippen molar-refractivity contribution in [3.05, 3.63) is 41.5 Å². The summed E-state index contributed by atoms with van der Waals surface area (Å²) in [6.45, 7) is 2.53. The Balaban J connectivity index is 1.78. The third-order valence-electron chi connectivity index (χ3n) is 5.95. The predicted octanol–water partition coefficient (Wildman–Crippen LogP) is 6.40. The van der Waals surface area contributed by atoms with Crippen molar-refractivity contribution in [3.8, 4) is 5.75 Å². The molecule has 0 saturated heterocycles. The van der Waals surface area contributed by atoms with Crippen LogP contribution in [-0.4, -0.2) is 31.4 Å². The largest absolute Gasteiger partial charge is 0.490 e. The zero-order chi connectivity index (χ0) is 24.9. The lowest BCUT2D eigenvalue weighted by Crippen LogP contribution is -2.32. The number of halogens is 6. The van der Waals surface area contributed by atoms with E-state index in [0.29, 0.717) is 17.5 Å². The molecule has 0 unspecified atom stereocenters. The van der Waals surface area contributed by atoms with Crippen LogP contribution in [0.25, 0.3) is 10.8 Å². The molecule has 0 bridgehead atoms. The number of carbonyl (C=O) groups is 1. The summed E-state index contributed by atoms with van der Waals surface area (Å²) in [5.41, 5.74) is -0.319. The van der Waals surface area contributed by atoms with E-state index in [4.69, 9.17) is 9.47 Å². The van der Waals surface area contributed by atoms with Crippen LogP contribution in [-0.2, 0) is 22.3 Å². The van der Waals surface area contributed by atoms with Crippen LogP contribution in [0.4, 0.5) is 26.3 Å². The van der Waals surface area contributed by atoms with E-state index in [-0.39, 0.29) is 62.4 Å². The second kappa shape index (κ2) is 10.8. The Morgan fingerprint density at radius 3 is 2.32 bits per heavy atom. The molecule has 0 heterocycles. The van der Waals surface area contributed by atoms with E-state index in [9.17, 15) is 31.1 Å². The number of benzene rings is 2. The van der Waals surface area contributed by atoms with Gasteiger partial charge in [0.05, 0.1) is 25.0 Å². The van der Waals surface area contributed by atoms with Gasteiger partial charge in [-0.3, -0.25) is 4.79 Å². The van der Waals surface area contributed by atoms with Gasteiger partial charge in [-0.15, -0.1) is 0 Å². The van der Waals surface area contributed by atoms with Gasteiger partial charge >= 0.3 is 18.3 Å². The van der Waals surface area contributed by atoms with Crippen LogP contribution >= 0.6 is 0 Å². The normalized spacial score (nSPS) is 19.3. The number of ether oxygens (including phenoxy) is 2. The number of esters is 1. The Hall–Kier alpha value is -2.49. The topological polar surface area (TPSA) is 47.6 Å². The SMILES string of the molecule is CCOC(=O)CCNCc1cccc2c(C(F)(F)F)c(OC3CCC(C(F)(F)F)CC3)ccc12. The van der Waals surface area contributed by atoms with Gasteiger partial charge in [-0.1, -0.05) is 24.3 Å². The van der Waals surface area contributed by atoms with Crippen LogP contribution < -0.4 is 10.1 Å². The van der Waals surface area contributed by atoms with E-state index in [1.807, 2.05) is 0 Å². The van der Waals surface area contributed by atoms with Crippen molar-refractivity contribution in [1.29, 1.82) is 0 Å². The molecule has 1 N–H and O–H groups in total. The molecule has 1 aliphatic carbocycles. The summed E-state index contributed by atoms with van der Waals surface area (Å²) >= 11 is 0. The number of alkyl halides is 6. The molecule has 0 spiro atoms. The van der Waals surface area contributed by atoms with Crippen molar-refractivity contribution >= 4 is 16.7 Å². The van der Waals surface area contributed by atoms with Gasteiger partial charge in [-0.05, 0) is 55.0 Å². The minimum atomic E-state index is -4.71. The fraction of sp³-hybridized carbons (Fsp3) is 0.542. The van der Waals surface area contributed by atoms with Crippen LogP contribution in [0.3, 0.4) is 0 Å². The van der Waals surface area contributed by atoms with Crippen molar-refractivity contribution in [2.75, 3.05) is 13.2 Å². The maximum atomic E-state index is 14.1. The molecule has 0 aliphatic heterocycles. The predicted molar refractivity (Wildman–Crippen MR) is 114 cm³/mol. The highest BCUT2D eigenvalue weighted by atomic mass is 19.4. The van der Waals surface area contributed by atoms with Gasteiger partial charge in [0.15, 0.2) is 0 Å². The Bertz CT molecular complexity index is 981. The van der Waals surface area contributed by atoms with E-state index >= 15 is 0 Å². The number of nitrogens with one attached hydrogen (secondary N) is 1. The molecular weight excluding hydrogens is 464 g/mol. The van der Waals surface area contributed by atoms with Gasteiger partial charge in [0, 0.05) is 13.1 Å². The van der Waals surface area contributed by atoms with Gasteiger partial charge in [0.25, 0.3) is 0 Å². The Morgan fingerprint density at radius 2 is 1.71 bits per heavy atom. The maximum Gasteiger partial charge on any atom is 0.420 e. The number of rotatable bonds is 8. The zero-order valence-corrected chi connectivity index (χ0v) is 18.7. The Kier molecular flexibility index (Phi) is 8.33. The molecule has 0 radical (unpaired) electrons. The molecule has 2 aromatic rings. The van der Waals surface area contributed by atoms with Gasteiger partial charge in [-0.25, -0.2) is 0 Å². The van der Waals surface area contributed by atoms with Crippen molar-refractivity contribution in [2.45, 2.75) is 64.0 Å². The molecule has 34 heavy (non-hydrogen) atoms. The number of carbonyl (C=O) groups excluding carboxylic acids is 1. The minimum Gasteiger partial charge on any atom is -0.490 e. The van der Waals surface area contributed by atoms with Crippen molar-refractivity contribution in [3.63, 3.8) is 0 Å². The Morgan fingerprint density at radius 1 is 1.00 bits per heavy atom. The summed E-state index contributed by atoms with van der Waals surface area (Å²) in [6, 6.07) is 7.33. The highest BCUT2D eigenvalue weighted by molar-refractivity contribution is 5.91. The van der Waals surface area contributed by atoms with E-state index in [2.05, 4.69) is 5.32 Å². The second-order valence-electron chi connectivity index (χ2n) is 8.31. The third-order valence-corrected chi connectivity index (χ3v) is 5.95. The van der Waals surface area contributed by atoms with Crippen molar-refractivity contribution in [2.24, 2.45) is 5.92 Å². The fourth-order valence-corrected chi connectivity index (χ4v) is 4.28. The molecule has 1 aliphatic rings. The molecule has 0 atom stereocenters. The van der Waals surface area contributed by atoms with Gasteiger partial charge in [0.2, 0.25) is 0 Å². The summed E-state index contributed by atoms with van der Waals surface area (Å²) in [6.07, 6.45) is -9.81. The smallest absolute Gasteiger partial charge is 0.420 e. The monoisotopic (exact) mass is 491 g/mol. The molecule has 188 valence electrons. The lowest BCUT2D eigenvalue weighted by Gasteiger charge is -2.31. The average Bonchev–Trinajstić information content (AvgIpc) is 2.75. The summed E-state index contributed by atoms with van der Waals surface area (Å²) < 4.78 is 91.3. The van der Waals surface area contributed by atoms with Crippen LogP contribution in [0, 0.1) is 5.92 Å². The average molecular weight is 491 g/mol. The lowest BCUT2D eigenvalue weighted by molar-refractivity contribution is -0.185. The van der Waals surface area contributed by atoms with Crippen LogP contribution in [0.2, 0.25) is 0 Å². The molecule has 1 fully saturated rings. The molecule has 10 heteroatoms. The van der Waals surface area contributed by atoms with Crippen molar-refractivity contribution < 1.29 is 40.6 Å². The number of fused-ring (bicyclic) bond motifs is 1. The maximum absolute atomic E-state index is 14.1. The highest BCUT2D eigenvalue weighted by Crippen LogP contribution is 2.44. The zero-order valence-electron chi connectivity index (χ0n) is 18.7. The number of hydrogen-bond acceptors (Lipinski definition) is 4. The quantitative estimate of drug-likeness (QED) is 0.264. The first-order valence-electron chi connectivity index (χ1n) is 11.2. The van der Waals surface area contributed by atoms with E-state index in [0.717, 1.165) is 0 Å². The summed E-state index contributed by atoms with van der Waals surface area (Å²) in [4.78, 5) is 11.4. The molecule has 0 aromatic heterocycles. The standard InChI is InChI=1S/C24H27F6NO3/c1-2-33-21(32)12-13-31-14-15-4-3-5-19-18(15)10-11-20(22(19)24(28,29)30)34-17-8-6-16(7-9-17)23(25,26)27/h3-5,10-11,16-17,31H,2,6-9,12-14H2,1H3. The second-order valence-corrected chi connectivity index (χ2v) is 8.31. The summed E-state index contributed by atoms with van der Waals surface area (Å²) in [5, 5.41) is 3.37. The minimum absolute atomic E-state index is 0.0429. The van der Waals surface area contributed by atoms with E-state index in [1.165, 1.54) is 24.3 Å². The van der Waals surface area contributed by atoms with Crippen molar-refractivity contribution in [1.82, 2.24) is 5.32 Å². The lowest BCUT2D eigenvalue weighted by atomic mass is 9.87. The van der Waals surface area contributed by atoms with Gasteiger partial charge in [-0.2, -0.15) is 26.3 Å². The van der Waals surface area contributed by atoms with E-state index in [1.54, 1.807) is 13.0 Å². The van der Waals surface area contributed by atoms with Gasteiger partial charge < -0.3 is 14.8 Å².